The molecule has 0 aromatic heterocycles. The lowest BCUT2D eigenvalue weighted by molar-refractivity contribution is 0.193. The minimum absolute atomic E-state index is 0.498. The molecule has 0 saturated carbocycles. The average molecular weight is 195 g/mol. The van der Waals surface area contributed by atoms with Crippen molar-refractivity contribution in [1.82, 2.24) is 5.32 Å². The van der Waals surface area contributed by atoms with Crippen LogP contribution in [0.2, 0.25) is 0 Å². The smallest absolute Gasteiger partial charge is 0.328 e. The Kier molecular flexibility index (Phi) is 3.09. The number of carbonyl (C=O) groups excluding carboxylic acids is 1. The van der Waals surface area contributed by atoms with Gasteiger partial charge in [-0.2, -0.15) is 8.42 Å². The minimum Gasteiger partial charge on any atom is -0.328 e. The van der Waals surface area contributed by atoms with Crippen molar-refractivity contribution in [2.45, 2.75) is 26.3 Å². The van der Waals surface area contributed by atoms with Crippen molar-refractivity contribution in [3.63, 3.8) is 0 Å². The molecule has 12 heavy (non-hydrogen) atoms. The Morgan fingerprint density at radius 3 is 2.00 bits per heavy atom. The van der Waals surface area contributed by atoms with Crippen LogP contribution in [0.1, 0.15) is 20.8 Å². The second-order valence-corrected chi connectivity index (χ2v) is 5.02. The number of hydrogen-bond donors (Lipinski definition) is 1. The van der Waals surface area contributed by atoms with E-state index < -0.39 is 21.8 Å². The third-order valence-electron chi connectivity index (χ3n) is 0.704. The summed E-state index contributed by atoms with van der Waals surface area (Å²) < 4.78 is 24.9. The Morgan fingerprint density at radius 2 is 1.75 bits per heavy atom. The van der Waals surface area contributed by atoms with Gasteiger partial charge in [-0.3, -0.25) is 0 Å². The van der Waals surface area contributed by atoms with Gasteiger partial charge < -0.3 is 9.50 Å². The molecule has 72 valence electrons. The first-order valence-electron chi connectivity index (χ1n) is 3.32. The van der Waals surface area contributed by atoms with Crippen molar-refractivity contribution in [2.24, 2.45) is 0 Å². The van der Waals surface area contributed by atoms with Crippen molar-refractivity contribution < 1.29 is 17.4 Å². The van der Waals surface area contributed by atoms with Crippen molar-refractivity contribution in [1.29, 1.82) is 0 Å². The van der Waals surface area contributed by atoms with Crippen molar-refractivity contribution in [3.05, 3.63) is 0 Å². The Balaban J connectivity index is 4.10. The molecule has 0 unspecified atom stereocenters. The van der Waals surface area contributed by atoms with E-state index in [4.69, 9.17) is 0 Å². The largest absolute Gasteiger partial charge is 0.423 e. The summed E-state index contributed by atoms with van der Waals surface area (Å²) >= 11 is 0. The van der Waals surface area contributed by atoms with Crippen LogP contribution in [0.25, 0.3) is 0 Å². The lowest BCUT2D eigenvalue weighted by atomic mass is 10.1. The Morgan fingerprint density at radius 1 is 1.33 bits per heavy atom. The zero-order valence-electron chi connectivity index (χ0n) is 7.54. The van der Waals surface area contributed by atoms with Crippen LogP contribution in [0.4, 0.5) is 4.79 Å². The first-order valence-corrected chi connectivity index (χ1v) is 5.13. The van der Waals surface area contributed by atoms with Crippen LogP contribution < -0.4 is 5.32 Å². The maximum Gasteiger partial charge on any atom is 0.423 e. The number of nitrogens with one attached hydrogen (secondary N) is 1. The van der Waals surface area contributed by atoms with Gasteiger partial charge in [-0.05, 0) is 20.8 Å². The third-order valence-corrected chi connectivity index (χ3v) is 1.16. The van der Waals surface area contributed by atoms with Gasteiger partial charge in [-0.25, -0.2) is 4.79 Å². The second kappa shape index (κ2) is 3.30. The Bertz CT molecular complexity index is 262. The average Bonchev–Trinajstić information content (AvgIpc) is 1.49. The van der Waals surface area contributed by atoms with Crippen LogP contribution in [0, 0.1) is 0 Å². The van der Waals surface area contributed by atoms with E-state index in [2.05, 4.69) is 9.50 Å². The predicted octanol–water partition coefficient (Wildman–Crippen LogP) is 0.471. The maximum atomic E-state index is 10.8. The van der Waals surface area contributed by atoms with Crippen LogP contribution in [0.5, 0.6) is 0 Å². The summed E-state index contributed by atoms with van der Waals surface area (Å²) in [5.74, 6) is 0. The van der Waals surface area contributed by atoms with Gasteiger partial charge >= 0.3 is 16.2 Å². The molecule has 6 heteroatoms. The lowest BCUT2D eigenvalue weighted by Crippen LogP contribution is -2.41. The van der Waals surface area contributed by atoms with E-state index in [1.165, 1.54) is 0 Å². The number of hydrogen-bond acceptors (Lipinski definition) is 4. The van der Waals surface area contributed by atoms with Gasteiger partial charge in [0.2, 0.25) is 0 Å². The summed E-state index contributed by atoms with van der Waals surface area (Å²) in [7, 11) is -3.71. The van der Waals surface area contributed by atoms with Gasteiger partial charge in [0.05, 0.1) is 6.26 Å². The highest BCUT2D eigenvalue weighted by atomic mass is 32.2. The SMILES string of the molecule is CC(C)(C)NC(=O)OS(C)(=O)=O. The third kappa shape index (κ3) is 7.33. The molecule has 5 nitrogen and oxygen atoms in total. The molecule has 0 rings (SSSR count). The van der Waals surface area contributed by atoms with E-state index in [1.54, 1.807) is 20.8 Å². The van der Waals surface area contributed by atoms with E-state index in [1.807, 2.05) is 0 Å². The summed E-state index contributed by atoms with van der Waals surface area (Å²) in [5, 5.41) is 2.34. The van der Waals surface area contributed by atoms with Crippen LogP contribution in [-0.2, 0) is 14.3 Å². The highest BCUT2D eigenvalue weighted by Crippen LogP contribution is 2.00. The molecule has 0 saturated heterocycles. The molecule has 0 aliphatic rings. The monoisotopic (exact) mass is 195 g/mol. The molecule has 0 aliphatic heterocycles. The molecular formula is C6H13NO4S. The van der Waals surface area contributed by atoms with Gasteiger partial charge in [0.1, 0.15) is 0 Å². The molecule has 1 N–H and O–H groups in total. The molecule has 0 heterocycles. The van der Waals surface area contributed by atoms with Gasteiger partial charge in [0.15, 0.2) is 0 Å². The summed E-state index contributed by atoms with van der Waals surface area (Å²) in [4.78, 5) is 10.8. The normalized spacial score (nSPS) is 12.3. The summed E-state index contributed by atoms with van der Waals surface area (Å²) in [6.07, 6.45) is -0.139. The number of amides is 1. The molecule has 0 atom stereocenters. The van der Waals surface area contributed by atoms with E-state index in [0.717, 1.165) is 6.26 Å². The Hall–Kier alpha value is -0.780. The van der Waals surface area contributed by atoms with E-state index in [0.29, 0.717) is 0 Å². The second-order valence-electron chi connectivity index (χ2n) is 3.45. The molecular weight excluding hydrogens is 182 g/mol. The molecule has 0 fully saturated rings. The van der Waals surface area contributed by atoms with Gasteiger partial charge in [0.25, 0.3) is 0 Å². The van der Waals surface area contributed by atoms with Crippen LogP contribution >= 0.6 is 0 Å². The van der Waals surface area contributed by atoms with E-state index in [9.17, 15) is 13.2 Å². The quantitative estimate of drug-likeness (QED) is 0.617. The first-order chi connectivity index (χ1) is 5.10. The molecule has 1 amide bonds. The summed E-state index contributed by atoms with van der Waals surface area (Å²) in [6, 6.07) is 0. The van der Waals surface area contributed by atoms with E-state index in [-0.39, 0.29) is 0 Å². The molecule has 0 aliphatic carbocycles. The highest BCUT2D eigenvalue weighted by molar-refractivity contribution is 7.86. The lowest BCUT2D eigenvalue weighted by Gasteiger charge is -2.18. The van der Waals surface area contributed by atoms with E-state index >= 15 is 0 Å². The number of rotatable bonds is 1. The van der Waals surface area contributed by atoms with Gasteiger partial charge in [-0.15, -0.1) is 0 Å². The predicted molar refractivity (Wildman–Crippen MR) is 44.2 cm³/mol. The van der Waals surface area contributed by atoms with Crippen LogP contribution in [0.15, 0.2) is 0 Å². The molecule has 0 spiro atoms. The maximum absolute atomic E-state index is 10.8. The molecule has 0 aromatic rings. The fourth-order valence-electron chi connectivity index (χ4n) is 0.465. The summed E-state index contributed by atoms with van der Waals surface area (Å²) in [5.41, 5.74) is -0.498. The Labute approximate surface area is 72.2 Å². The molecule has 0 aromatic carbocycles. The molecule has 0 radical (unpaired) electrons. The zero-order valence-corrected chi connectivity index (χ0v) is 8.36. The highest BCUT2D eigenvalue weighted by Gasteiger charge is 2.17. The zero-order chi connectivity index (χ0) is 9.99. The number of carbonyl (C=O) groups is 1. The van der Waals surface area contributed by atoms with Gasteiger partial charge in [-0.1, -0.05) is 0 Å². The van der Waals surface area contributed by atoms with Crippen molar-refractivity contribution in [3.8, 4) is 0 Å². The fraction of sp³-hybridized carbons (Fsp3) is 0.833. The minimum atomic E-state index is -3.71. The van der Waals surface area contributed by atoms with Crippen molar-refractivity contribution >= 4 is 16.2 Å². The summed E-state index contributed by atoms with van der Waals surface area (Å²) in [6.45, 7) is 5.16. The first kappa shape index (κ1) is 11.2. The standard InChI is InChI=1S/C6H13NO4S/c1-6(2,3)7-5(8)11-12(4,9)10/h1-4H3,(H,7,8). The van der Waals surface area contributed by atoms with Gasteiger partial charge in [0, 0.05) is 5.54 Å². The molecule has 0 bridgehead atoms. The van der Waals surface area contributed by atoms with Crippen LogP contribution in [-0.4, -0.2) is 26.3 Å². The topological polar surface area (TPSA) is 72.5 Å². The van der Waals surface area contributed by atoms with Crippen LogP contribution in [0.3, 0.4) is 0 Å². The van der Waals surface area contributed by atoms with Crippen molar-refractivity contribution in [2.75, 3.05) is 6.26 Å². The fourth-order valence-corrected chi connectivity index (χ4v) is 0.781.